The highest BCUT2D eigenvalue weighted by Crippen LogP contribution is 2.20. The molecule has 0 amide bonds. The van der Waals surface area contributed by atoms with E-state index >= 15 is 0 Å². The SMILES string of the molecule is CCCCCCCC(CC(=O)OCC)N1CCCC1. The summed E-state index contributed by atoms with van der Waals surface area (Å²) in [5, 5.41) is 0. The Balaban J connectivity index is 2.29. The van der Waals surface area contributed by atoms with Crippen molar-refractivity contribution >= 4 is 5.97 Å². The van der Waals surface area contributed by atoms with Crippen molar-refractivity contribution < 1.29 is 9.53 Å². The van der Waals surface area contributed by atoms with Crippen LogP contribution < -0.4 is 0 Å². The Bertz CT molecular complexity index is 237. The van der Waals surface area contributed by atoms with E-state index in [1.165, 1.54) is 58.0 Å². The molecule has 1 heterocycles. The highest BCUT2D eigenvalue weighted by atomic mass is 16.5. The Kier molecular flexibility index (Phi) is 8.89. The zero-order chi connectivity index (χ0) is 13.9. The lowest BCUT2D eigenvalue weighted by Gasteiger charge is -2.26. The molecule has 1 saturated heterocycles. The molecule has 1 rings (SSSR count). The first kappa shape index (κ1) is 16.5. The van der Waals surface area contributed by atoms with Crippen molar-refractivity contribution in [3.8, 4) is 0 Å². The summed E-state index contributed by atoms with van der Waals surface area (Å²) in [6.45, 7) is 6.96. The lowest BCUT2D eigenvalue weighted by molar-refractivity contribution is -0.144. The van der Waals surface area contributed by atoms with Crippen molar-refractivity contribution in [1.29, 1.82) is 0 Å². The van der Waals surface area contributed by atoms with E-state index in [0.717, 1.165) is 6.42 Å². The van der Waals surface area contributed by atoms with Gasteiger partial charge in [-0.1, -0.05) is 39.0 Å². The van der Waals surface area contributed by atoms with Gasteiger partial charge in [0.25, 0.3) is 0 Å². The molecule has 3 nitrogen and oxygen atoms in total. The molecule has 0 N–H and O–H groups in total. The van der Waals surface area contributed by atoms with E-state index in [9.17, 15) is 4.79 Å². The number of rotatable bonds is 10. The summed E-state index contributed by atoms with van der Waals surface area (Å²) < 4.78 is 5.11. The molecular weight excluding hydrogens is 238 g/mol. The van der Waals surface area contributed by atoms with Crippen molar-refractivity contribution in [2.24, 2.45) is 0 Å². The van der Waals surface area contributed by atoms with Crippen molar-refractivity contribution in [2.75, 3.05) is 19.7 Å². The van der Waals surface area contributed by atoms with E-state index in [-0.39, 0.29) is 5.97 Å². The highest BCUT2D eigenvalue weighted by Gasteiger charge is 2.24. The number of carbonyl (C=O) groups is 1. The van der Waals surface area contributed by atoms with Crippen molar-refractivity contribution in [2.45, 2.75) is 77.7 Å². The number of esters is 1. The van der Waals surface area contributed by atoms with Crippen LogP contribution in [0.1, 0.15) is 71.6 Å². The first-order valence-electron chi connectivity index (χ1n) is 8.17. The Labute approximate surface area is 118 Å². The van der Waals surface area contributed by atoms with Crippen molar-refractivity contribution in [3.63, 3.8) is 0 Å². The maximum atomic E-state index is 11.7. The topological polar surface area (TPSA) is 29.5 Å². The van der Waals surface area contributed by atoms with Crippen LogP contribution in [-0.4, -0.2) is 36.6 Å². The molecule has 1 atom stereocenters. The predicted molar refractivity (Wildman–Crippen MR) is 79.2 cm³/mol. The largest absolute Gasteiger partial charge is 0.466 e. The zero-order valence-electron chi connectivity index (χ0n) is 12.8. The molecule has 1 unspecified atom stereocenters. The standard InChI is InChI=1S/C16H31NO2/c1-3-5-6-7-8-11-15(14-16(18)19-4-2)17-12-9-10-13-17/h15H,3-14H2,1-2H3. The van der Waals surface area contributed by atoms with Crippen LogP contribution in [-0.2, 0) is 9.53 Å². The third-order valence-corrected chi connectivity index (χ3v) is 4.01. The zero-order valence-corrected chi connectivity index (χ0v) is 12.8. The summed E-state index contributed by atoms with van der Waals surface area (Å²) >= 11 is 0. The van der Waals surface area contributed by atoms with Gasteiger partial charge in [-0.15, -0.1) is 0 Å². The van der Waals surface area contributed by atoms with Gasteiger partial charge >= 0.3 is 5.97 Å². The molecule has 0 aromatic carbocycles. The van der Waals surface area contributed by atoms with Gasteiger partial charge in [0.15, 0.2) is 0 Å². The minimum Gasteiger partial charge on any atom is -0.466 e. The maximum absolute atomic E-state index is 11.7. The van der Waals surface area contributed by atoms with E-state index in [0.29, 0.717) is 19.1 Å². The molecule has 0 saturated carbocycles. The monoisotopic (exact) mass is 269 g/mol. The molecule has 3 heteroatoms. The number of hydrogen-bond donors (Lipinski definition) is 0. The molecule has 0 bridgehead atoms. The summed E-state index contributed by atoms with van der Waals surface area (Å²) in [6.07, 6.45) is 10.8. The number of unbranched alkanes of at least 4 members (excludes halogenated alkanes) is 4. The second kappa shape index (κ2) is 10.2. The summed E-state index contributed by atoms with van der Waals surface area (Å²) in [6, 6.07) is 0.420. The quantitative estimate of drug-likeness (QED) is 0.447. The van der Waals surface area contributed by atoms with Gasteiger partial charge in [0.2, 0.25) is 0 Å². The number of hydrogen-bond acceptors (Lipinski definition) is 3. The van der Waals surface area contributed by atoms with Crippen molar-refractivity contribution in [1.82, 2.24) is 4.90 Å². The first-order valence-corrected chi connectivity index (χ1v) is 8.17. The van der Waals surface area contributed by atoms with Crippen LogP contribution in [0.3, 0.4) is 0 Å². The lowest BCUT2D eigenvalue weighted by atomic mass is 10.0. The fourth-order valence-electron chi connectivity index (χ4n) is 2.92. The van der Waals surface area contributed by atoms with Crippen molar-refractivity contribution in [3.05, 3.63) is 0 Å². The molecule has 0 spiro atoms. The number of likely N-dealkylation sites (tertiary alicyclic amines) is 1. The minimum atomic E-state index is -0.0204. The number of nitrogens with zero attached hydrogens (tertiary/aromatic N) is 1. The summed E-state index contributed by atoms with van der Waals surface area (Å²) in [5.74, 6) is -0.0204. The molecular formula is C16H31NO2. The molecule has 0 aromatic heterocycles. The smallest absolute Gasteiger partial charge is 0.307 e. The molecule has 1 aliphatic heterocycles. The Morgan fingerprint density at radius 3 is 2.42 bits per heavy atom. The normalized spacial score (nSPS) is 17.6. The van der Waals surface area contributed by atoms with Crippen LogP contribution in [0.4, 0.5) is 0 Å². The summed E-state index contributed by atoms with van der Waals surface area (Å²) in [4.78, 5) is 14.2. The van der Waals surface area contributed by atoms with E-state index in [4.69, 9.17) is 4.74 Å². The minimum absolute atomic E-state index is 0.0204. The second-order valence-corrected chi connectivity index (χ2v) is 5.61. The second-order valence-electron chi connectivity index (χ2n) is 5.61. The van der Waals surface area contributed by atoms with E-state index < -0.39 is 0 Å². The average molecular weight is 269 g/mol. The predicted octanol–water partition coefficient (Wildman–Crippen LogP) is 3.76. The lowest BCUT2D eigenvalue weighted by Crippen LogP contribution is -2.35. The fraction of sp³-hybridized carbons (Fsp3) is 0.938. The maximum Gasteiger partial charge on any atom is 0.307 e. The molecule has 19 heavy (non-hydrogen) atoms. The average Bonchev–Trinajstić information content (AvgIpc) is 2.91. The fourth-order valence-corrected chi connectivity index (χ4v) is 2.92. The Morgan fingerprint density at radius 1 is 1.11 bits per heavy atom. The van der Waals surface area contributed by atoms with Gasteiger partial charge in [0.1, 0.15) is 0 Å². The van der Waals surface area contributed by atoms with E-state index in [1.54, 1.807) is 0 Å². The Hall–Kier alpha value is -0.570. The number of carbonyl (C=O) groups excluding carboxylic acids is 1. The van der Waals surface area contributed by atoms with Crippen LogP contribution in [0.5, 0.6) is 0 Å². The van der Waals surface area contributed by atoms with Gasteiger partial charge in [-0.05, 0) is 39.3 Å². The molecule has 1 aliphatic rings. The number of ether oxygens (including phenoxy) is 1. The van der Waals surface area contributed by atoms with Gasteiger partial charge < -0.3 is 4.74 Å². The van der Waals surface area contributed by atoms with E-state index in [1.807, 2.05) is 6.92 Å². The van der Waals surface area contributed by atoms with Crippen LogP contribution in [0.15, 0.2) is 0 Å². The third kappa shape index (κ3) is 6.95. The van der Waals surface area contributed by atoms with Gasteiger partial charge in [0.05, 0.1) is 13.0 Å². The molecule has 1 fully saturated rings. The molecule has 0 aliphatic carbocycles. The van der Waals surface area contributed by atoms with Gasteiger partial charge in [-0.2, -0.15) is 0 Å². The van der Waals surface area contributed by atoms with Crippen LogP contribution >= 0.6 is 0 Å². The molecule has 112 valence electrons. The van der Waals surface area contributed by atoms with Crippen LogP contribution in [0.25, 0.3) is 0 Å². The van der Waals surface area contributed by atoms with Crippen LogP contribution in [0.2, 0.25) is 0 Å². The van der Waals surface area contributed by atoms with Gasteiger partial charge in [-0.25, -0.2) is 0 Å². The van der Waals surface area contributed by atoms with Gasteiger partial charge in [-0.3, -0.25) is 9.69 Å². The Morgan fingerprint density at radius 2 is 1.79 bits per heavy atom. The molecule has 0 aromatic rings. The summed E-state index contributed by atoms with van der Waals surface area (Å²) in [5.41, 5.74) is 0. The van der Waals surface area contributed by atoms with E-state index in [2.05, 4.69) is 11.8 Å². The third-order valence-electron chi connectivity index (χ3n) is 4.01. The molecule has 0 radical (unpaired) electrons. The van der Waals surface area contributed by atoms with Crippen LogP contribution in [0, 0.1) is 0 Å². The van der Waals surface area contributed by atoms with Gasteiger partial charge in [0, 0.05) is 6.04 Å². The summed E-state index contributed by atoms with van der Waals surface area (Å²) in [7, 11) is 0. The highest BCUT2D eigenvalue weighted by molar-refractivity contribution is 5.70. The first-order chi connectivity index (χ1) is 9.27.